The zero-order chi connectivity index (χ0) is 15.5. The topological polar surface area (TPSA) is 79.4 Å². The Balaban J connectivity index is 1.95. The molecule has 0 saturated heterocycles. The number of aromatic nitrogens is 4. The zero-order valence-corrected chi connectivity index (χ0v) is 12.3. The maximum Gasteiger partial charge on any atom is 0.163 e. The quantitative estimate of drug-likeness (QED) is 0.802. The van der Waals surface area contributed by atoms with E-state index in [-0.39, 0.29) is 0 Å². The van der Waals surface area contributed by atoms with Crippen LogP contribution in [0.15, 0.2) is 42.5 Å². The molecular weight excluding hydrogens is 276 g/mol. The summed E-state index contributed by atoms with van der Waals surface area (Å²) in [5.74, 6) is 0.581. The second-order valence-corrected chi connectivity index (χ2v) is 4.83. The molecule has 1 N–H and O–H groups in total. The van der Waals surface area contributed by atoms with Crippen LogP contribution in [0.1, 0.15) is 17.1 Å². The van der Waals surface area contributed by atoms with Gasteiger partial charge in [0.1, 0.15) is 6.07 Å². The van der Waals surface area contributed by atoms with E-state index in [1.54, 1.807) is 12.1 Å². The standard InChI is InChI=1S/C16H14N6/c1-11-16(18-15-9-8-13(10-17)19-20-15)12(2)22(21-11)14-6-4-3-5-7-14/h3-9H,1-2H3,(H,18,20). The van der Waals surface area contributed by atoms with E-state index < -0.39 is 0 Å². The molecule has 0 aliphatic heterocycles. The number of nitrogens with one attached hydrogen (secondary N) is 1. The van der Waals surface area contributed by atoms with Gasteiger partial charge in [0.2, 0.25) is 0 Å². The van der Waals surface area contributed by atoms with Crippen molar-refractivity contribution in [2.75, 3.05) is 5.32 Å². The van der Waals surface area contributed by atoms with Crippen LogP contribution in [-0.4, -0.2) is 20.0 Å². The monoisotopic (exact) mass is 290 g/mol. The molecule has 0 fully saturated rings. The first kappa shape index (κ1) is 13.8. The summed E-state index contributed by atoms with van der Waals surface area (Å²) in [5.41, 5.74) is 4.03. The highest BCUT2D eigenvalue weighted by Crippen LogP contribution is 2.25. The van der Waals surface area contributed by atoms with Crippen LogP contribution in [0.5, 0.6) is 0 Å². The van der Waals surface area contributed by atoms with Crippen LogP contribution in [-0.2, 0) is 0 Å². The molecule has 3 aromatic rings. The van der Waals surface area contributed by atoms with E-state index in [0.717, 1.165) is 22.8 Å². The molecule has 0 aliphatic rings. The Kier molecular flexibility index (Phi) is 3.54. The predicted octanol–water partition coefficient (Wildman–Crippen LogP) is 2.89. The number of nitrogens with zero attached hydrogens (tertiary/aromatic N) is 5. The van der Waals surface area contributed by atoms with Crippen LogP contribution < -0.4 is 5.32 Å². The van der Waals surface area contributed by atoms with Crippen molar-refractivity contribution in [3.05, 3.63) is 59.5 Å². The Hall–Kier alpha value is -3.20. The number of anilines is 2. The lowest BCUT2D eigenvalue weighted by Gasteiger charge is -2.06. The number of hydrogen-bond acceptors (Lipinski definition) is 5. The molecule has 0 radical (unpaired) electrons. The van der Waals surface area contributed by atoms with Crippen molar-refractivity contribution in [3.8, 4) is 11.8 Å². The van der Waals surface area contributed by atoms with Gasteiger partial charge in [-0.2, -0.15) is 10.4 Å². The van der Waals surface area contributed by atoms with Gasteiger partial charge in [-0.05, 0) is 38.1 Å². The highest BCUT2D eigenvalue weighted by molar-refractivity contribution is 5.62. The summed E-state index contributed by atoms with van der Waals surface area (Å²) in [6.07, 6.45) is 0. The molecular formula is C16H14N6. The van der Waals surface area contributed by atoms with Crippen molar-refractivity contribution in [1.82, 2.24) is 20.0 Å². The average molecular weight is 290 g/mol. The van der Waals surface area contributed by atoms with Crippen LogP contribution in [0.25, 0.3) is 5.69 Å². The molecule has 0 amide bonds. The first-order chi connectivity index (χ1) is 10.7. The van der Waals surface area contributed by atoms with Crippen LogP contribution in [0, 0.1) is 25.2 Å². The Morgan fingerprint density at radius 3 is 2.45 bits per heavy atom. The first-order valence-corrected chi connectivity index (χ1v) is 6.81. The van der Waals surface area contributed by atoms with Crippen LogP contribution in [0.4, 0.5) is 11.5 Å². The Labute approximate surface area is 128 Å². The molecule has 3 rings (SSSR count). The normalized spacial score (nSPS) is 10.2. The van der Waals surface area contributed by atoms with Crippen LogP contribution >= 0.6 is 0 Å². The fourth-order valence-corrected chi connectivity index (χ4v) is 2.23. The maximum absolute atomic E-state index is 8.75. The fraction of sp³-hybridized carbons (Fsp3) is 0.125. The lowest BCUT2D eigenvalue weighted by atomic mass is 10.3. The molecule has 0 spiro atoms. The van der Waals surface area contributed by atoms with Gasteiger partial charge in [-0.3, -0.25) is 0 Å². The minimum atomic E-state index is 0.291. The molecule has 0 saturated carbocycles. The second kappa shape index (κ2) is 5.66. The SMILES string of the molecule is Cc1nn(-c2ccccc2)c(C)c1Nc1ccc(C#N)nn1. The summed E-state index contributed by atoms with van der Waals surface area (Å²) in [4.78, 5) is 0. The van der Waals surface area contributed by atoms with Crippen molar-refractivity contribution < 1.29 is 0 Å². The molecule has 0 unspecified atom stereocenters. The summed E-state index contributed by atoms with van der Waals surface area (Å²) in [7, 11) is 0. The minimum absolute atomic E-state index is 0.291. The Morgan fingerprint density at radius 1 is 1.05 bits per heavy atom. The summed E-state index contributed by atoms with van der Waals surface area (Å²) in [6, 6.07) is 15.2. The van der Waals surface area contributed by atoms with E-state index in [2.05, 4.69) is 20.6 Å². The Bertz CT molecular complexity index is 828. The van der Waals surface area contributed by atoms with Crippen molar-refractivity contribution in [3.63, 3.8) is 0 Å². The van der Waals surface area contributed by atoms with E-state index in [9.17, 15) is 0 Å². The van der Waals surface area contributed by atoms with Gasteiger partial charge in [-0.1, -0.05) is 18.2 Å². The van der Waals surface area contributed by atoms with E-state index in [1.807, 2.05) is 54.9 Å². The van der Waals surface area contributed by atoms with Gasteiger partial charge < -0.3 is 5.32 Å². The molecule has 2 heterocycles. The number of hydrogen-bond donors (Lipinski definition) is 1. The van der Waals surface area contributed by atoms with Crippen molar-refractivity contribution >= 4 is 11.5 Å². The smallest absolute Gasteiger partial charge is 0.163 e. The summed E-state index contributed by atoms with van der Waals surface area (Å²) >= 11 is 0. The summed E-state index contributed by atoms with van der Waals surface area (Å²) in [5, 5.41) is 24.3. The number of nitriles is 1. The van der Waals surface area contributed by atoms with E-state index in [4.69, 9.17) is 5.26 Å². The van der Waals surface area contributed by atoms with E-state index in [1.165, 1.54) is 0 Å². The number of para-hydroxylation sites is 1. The molecule has 0 bridgehead atoms. The lowest BCUT2D eigenvalue weighted by molar-refractivity contribution is 0.834. The molecule has 22 heavy (non-hydrogen) atoms. The van der Waals surface area contributed by atoms with Gasteiger partial charge in [0.25, 0.3) is 0 Å². The lowest BCUT2D eigenvalue weighted by Crippen LogP contribution is -2.00. The Morgan fingerprint density at radius 2 is 1.82 bits per heavy atom. The highest BCUT2D eigenvalue weighted by atomic mass is 15.3. The van der Waals surface area contributed by atoms with Crippen LogP contribution in [0.3, 0.4) is 0 Å². The molecule has 1 aromatic carbocycles. The molecule has 108 valence electrons. The highest BCUT2D eigenvalue weighted by Gasteiger charge is 2.13. The van der Waals surface area contributed by atoms with Gasteiger partial charge in [0.15, 0.2) is 11.5 Å². The molecule has 0 atom stereocenters. The van der Waals surface area contributed by atoms with Gasteiger partial charge in [0, 0.05) is 0 Å². The van der Waals surface area contributed by atoms with Crippen molar-refractivity contribution in [2.45, 2.75) is 13.8 Å². The fourth-order valence-electron chi connectivity index (χ4n) is 2.23. The second-order valence-electron chi connectivity index (χ2n) is 4.83. The van der Waals surface area contributed by atoms with Crippen LogP contribution in [0.2, 0.25) is 0 Å². The third kappa shape index (κ3) is 2.52. The van der Waals surface area contributed by atoms with Crippen molar-refractivity contribution in [1.29, 1.82) is 5.26 Å². The number of benzene rings is 1. The molecule has 6 heteroatoms. The predicted molar refractivity (Wildman–Crippen MR) is 83.1 cm³/mol. The van der Waals surface area contributed by atoms with E-state index in [0.29, 0.717) is 11.5 Å². The van der Waals surface area contributed by atoms with E-state index >= 15 is 0 Å². The first-order valence-electron chi connectivity index (χ1n) is 6.81. The molecule has 2 aromatic heterocycles. The number of aryl methyl sites for hydroxylation is 1. The van der Waals surface area contributed by atoms with Gasteiger partial charge in [0.05, 0.1) is 22.8 Å². The zero-order valence-electron chi connectivity index (χ0n) is 12.3. The third-order valence-corrected chi connectivity index (χ3v) is 3.32. The van der Waals surface area contributed by atoms with Gasteiger partial charge in [-0.15, -0.1) is 10.2 Å². The molecule has 0 aliphatic carbocycles. The number of rotatable bonds is 3. The minimum Gasteiger partial charge on any atom is -0.336 e. The molecule has 6 nitrogen and oxygen atoms in total. The maximum atomic E-state index is 8.75. The van der Waals surface area contributed by atoms with Gasteiger partial charge >= 0.3 is 0 Å². The third-order valence-electron chi connectivity index (χ3n) is 3.32. The summed E-state index contributed by atoms with van der Waals surface area (Å²) < 4.78 is 1.88. The average Bonchev–Trinajstić information content (AvgIpc) is 2.84. The largest absolute Gasteiger partial charge is 0.336 e. The van der Waals surface area contributed by atoms with Gasteiger partial charge in [-0.25, -0.2) is 4.68 Å². The van der Waals surface area contributed by atoms with Crippen molar-refractivity contribution in [2.24, 2.45) is 0 Å². The summed E-state index contributed by atoms with van der Waals surface area (Å²) in [6.45, 7) is 3.93.